The van der Waals surface area contributed by atoms with Crippen LogP contribution < -0.4 is 10.6 Å². The van der Waals surface area contributed by atoms with Crippen LogP contribution in [0.2, 0.25) is 0 Å². The number of hydrogen-bond donors (Lipinski definition) is 2. The van der Waals surface area contributed by atoms with Crippen molar-refractivity contribution in [2.24, 2.45) is 7.05 Å². The predicted octanol–water partition coefficient (Wildman–Crippen LogP) is 4.30. The Labute approximate surface area is 192 Å². The third-order valence-corrected chi connectivity index (χ3v) is 5.99. The molecule has 1 amide bonds. The number of oxazole rings is 1. The lowest BCUT2D eigenvalue weighted by molar-refractivity contribution is -0.137. The number of likely N-dealkylation sites (tertiary alicyclic amines) is 1. The van der Waals surface area contributed by atoms with E-state index in [1.54, 1.807) is 29.8 Å². The number of alkyl halides is 3. The summed E-state index contributed by atoms with van der Waals surface area (Å²) in [7, 11) is 1.78. The van der Waals surface area contributed by atoms with Crippen molar-refractivity contribution < 1.29 is 22.4 Å². The zero-order valence-electron chi connectivity index (χ0n) is 18.4. The molecule has 178 valence electrons. The molecular formula is C23H23F3N6O2. The average molecular weight is 472 g/mol. The second-order valence-corrected chi connectivity index (χ2v) is 8.33. The van der Waals surface area contributed by atoms with Crippen LogP contribution >= 0.6 is 0 Å². The van der Waals surface area contributed by atoms with Crippen LogP contribution in [0.1, 0.15) is 28.8 Å². The Kier molecular flexibility index (Phi) is 5.64. The van der Waals surface area contributed by atoms with Gasteiger partial charge in [0.1, 0.15) is 5.52 Å². The van der Waals surface area contributed by atoms with Crippen LogP contribution in [0.4, 0.5) is 25.1 Å². The molecule has 4 aromatic rings. The highest BCUT2D eigenvalue weighted by molar-refractivity contribution is 5.97. The first-order valence-electron chi connectivity index (χ1n) is 11.0. The van der Waals surface area contributed by atoms with Gasteiger partial charge in [0.25, 0.3) is 5.91 Å². The molecular weight excluding hydrogens is 449 g/mol. The van der Waals surface area contributed by atoms with Gasteiger partial charge in [0.05, 0.1) is 16.6 Å². The van der Waals surface area contributed by atoms with Crippen molar-refractivity contribution in [3.05, 3.63) is 47.5 Å². The summed E-state index contributed by atoms with van der Waals surface area (Å²) in [6, 6.07) is 8.39. The number of nitrogens with one attached hydrogen (secondary N) is 2. The molecule has 1 aliphatic heterocycles. The van der Waals surface area contributed by atoms with Gasteiger partial charge < -0.3 is 19.2 Å². The maximum Gasteiger partial charge on any atom is 0.416 e. The number of anilines is 2. The van der Waals surface area contributed by atoms with Gasteiger partial charge in [0.2, 0.25) is 5.95 Å². The molecule has 0 spiro atoms. The first kappa shape index (κ1) is 22.2. The highest BCUT2D eigenvalue weighted by atomic mass is 19.4. The third kappa shape index (κ3) is 4.43. The van der Waals surface area contributed by atoms with Crippen molar-refractivity contribution >= 4 is 40.0 Å². The maximum atomic E-state index is 12.9. The SMILES string of the molecule is Cn1c(Nc2nc3ccc(C(F)(F)F)cc3o2)nc2cc(C(=O)NCCN3CCCC3)ccc21. The number of rotatable bonds is 6. The van der Waals surface area contributed by atoms with Crippen LogP contribution in [0.3, 0.4) is 0 Å². The van der Waals surface area contributed by atoms with Gasteiger partial charge in [-0.05, 0) is 62.3 Å². The summed E-state index contributed by atoms with van der Waals surface area (Å²) in [5, 5.41) is 5.86. The van der Waals surface area contributed by atoms with Gasteiger partial charge in [-0.25, -0.2) is 4.98 Å². The Morgan fingerprint density at radius 1 is 1.09 bits per heavy atom. The lowest BCUT2D eigenvalue weighted by Gasteiger charge is -2.14. The molecule has 3 heterocycles. The molecule has 1 fully saturated rings. The largest absolute Gasteiger partial charge is 0.423 e. The third-order valence-electron chi connectivity index (χ3n) is 5.99. The zero-order valence-corrected chi connectivity index (χ0v) is 18.4. The van der Waals surface area contributed by atoms with E-state index in [9.17, 15) is 18.0 Å². The van der Waals surface area contributed by atoms with Crippen molar-refractivity contribution in [1.82, 2.24) is 24.8 Å². The number of amides is 1. The van der Waals surface area contributed by atoms with E-state index in [4.69, 9.17) is 4.42 Å². The summed E-state index contributed by atoms with van der Waals surface area (Å²) in [5.74, 6) is 0.213. The molecule has 0 unspecified atom stereocenters. The number of hydrogen-bond acceptors (Lipinski definition) is 6. The molecule has 0 saturated carbocycles. The molecule has 2 aromatic heterocycles. The van der Waals surface area contributed by atoms with E-state index in [0.717, 1.165) is 37.3 Å². The fourth-order valence-corrected chi connectivity index (χ4v) is 4.14. The van der Waals surface area contributed by atoms with E-state index >= 15 is 0 Å². The molecule has 0 aliphatic carbocycles. The highest BCUT2D eigenvalue weighted by Gasteiger charge is 2.31. The van der Waals surface area contributed by atoms with Gasteiger partial charge in [0.15, 0.2) is 5.58 Å². The molecule has 34 heavy (non-hydrogen) atoms. The van der Waals surface area contributed by atoms with E-state index in [1.165, 1.54) is 18.9 Å². The fraction of sp³-hybridized carbons (Fsp3) is 0.348. The number of imidazole rings is 1. The summed E-state index contributed by atoms with van der Waals surface area (Å²) < 4.78 is 46.1. The predicted molar refractivity (Wildman–Crippen MR) is 121 cm³/mol. The summed E-state index contributed by atoms with van der Waals surface area (Å²) in [6.07, 6.45) is -2.05. The minimum absolute atomic E-state index is 0.0176. The number of aryl methyl sites for hydroxylation is 1. The molecule has 2 aromatic carbocycles. The molecule has 1 aliphatic rings. The Morgan fingerprint density at radius 2 is 1.88 bits per heavy atom. The maximum absolute atomic E-state index is 12.9. The smallest absolute Gasteiger partial charge is 0.416 e. The topological polar surface area (TPSA) is 88.2 Å². The Hall–Kier alpha value is -3.60. The number of halogens is 3. The molecule has 5 rings (SSSR count). The lowest BCUT2D eigenvalue weighted by Crippen LogP contribution is -2.33. The Morgan fingerprint density at radius 3 is 2.65 bits per heavy atom. The summed E-state index contributed by atoms with van der Waals surface area (Å²) in [5.41, 5.74) is 1.36. The molecule has 1 saturated heterocycles. The van der Waals surface area contributed by atoms with E-state index in [-0.39, 0.29) is 17.5 Å². The monoisotopic (exact) mass is 472 g/mol. The quantitative estimate of drug-likeness (QED) is 0.435. The molecule has 2 N–H and O–H groups in total. The number of benzene rings is 2. The lowest BCUT2D eigenvalue weighted by atomic mass is 10.2. The number of fused-ring (bicyclic) bond motifs is 2. The summed E-state index contributed by atoms with van der Waals surface area (Å²) in [4.78, 5) is 23.6. The molecule has 0 bridgehead atoms. The number of carbonyl (C=O) groups is 1. The van der Waals surface area contributed by atoms with Gasteiger partial charge in [-0.1, -0.05) is 0 Å². The van der Waals surface area contributed by atoms with Crippen molar-refractivity contribution in [3.8, 4) is 0 Å². The van der Waals surface area contributed by atoms with Gasteiger partial charge in [-0.3, -0.25) is 10.1 Å². The molecule has 8 nitrogen and oxygen atoms in total. The summed E-state index contributed by atoms with van der Waals surface area (Å²) in [6.45, 7) is 3.57. The molecule has 0 atom stereocenters. The Bertz CT molecular complexity index is 1350. The van der Waals surface area contributed by atoms with Crippen LogP contribution in [-0.2, 0) is 13.2 Å². The van der Waals surface area contributed by atoms with Gasteiger partial charge in [-0.2, -0.15) is 18.2 Å². The van der Waals surface area contributed by atoms with Crippen LogP contribution in [0.15, 0.2) is 40.8 Å². The van der Waals surface area contributed by atoms with E-state index in [1.807, 2.05) is 0 Å². The number of carbonyl (C=O) groups excluding carboxylic acids is 1. The Balaban J connectivity index is 1.32. The average Bonchev–Trinajstić information content (AvgIpc) is 3.52. The van der Waals surface area contributed by atoms with Crippen LogP contribution in [-0.4, -0.2) is 51.5 Å². The summed E-state index contributed by atoms with van der Waals surface area (Å²) >= 11 is 0. The fourth-order valence-electron chi connectivity index (χ4n) is 4.14. The first-order valence-corrected chi connectivity index (χ1v) is 11.0. The number of aromatic nitrogens is 3. The second kappa shape index (κ2) is 8.64. The van der Waals surface area contributed by atoms with Crippen LogP contribution in [0.5, 0.6) is 0 Å². The zero-order chi connectivity index (χ0) is 23.9. The second-order valence-electron chi connectivity index (χ2n) is 8.33. The van der Waals surface area contributed by atoms with E-state index < -0.39 is 11.7 Å². The highest BCUT2D eigenvalue weighted by Crippen LogP contribution is 2.32. The van der Waals surface area contributed by atoms with E-state index in [0.29, 0.717) is 29.1 Å². The molecule has 11 heteroatoms. The van der Waals surface area contributed by atoms with Crippen molar-refractivity contribution in [1.29, 1.82) is 0 Å². The normalized spacial score (nSPS) is 14.8. The van der Waals surface area contributed by atoms with Gasteiger partial charge >= 0.3 is 12.2 Å². The minimum Gasteiger partial charge on any atom is -0.423 e. The van der Waals surface area contributed by atoms with E-state index in [2.05, 4.69) is 25.5 Å². The van der Waals surface area contributed by atoms with Gasteiger partial charge in [-0.15, -0.1) is 0 Å². The standard InChI is InChI=1S/C23H23F3N6O2/c1-31-18-7-4-14(20(33)27-8-11-32-9-2-3-10-32)12-17(18)28-21(31)30-22-29-16-6-5-15(23(24,25)26)13-19(16)34-22/h4-7,12-13H,2-3,8-11H2,1H3,(H,27,33)(H,28,29,30). The number of nitrogens with zero attached hydrogens (tertiary/aromatic N) is 4. The molecule has 0 radical (unpaired) electrons. The van der Waals surface area contributed by atoms with Gasteiger partial charge in [0, 0.05) is 25.7 Å². The minimum atomic E-state index is -4.47. The first-order chi connectivity index (χ1) is 16.3. The van der Waals surface area contributed by atoms with Crippen molar-refractivity contribution in [2.45, 2.75) is 19.0 Å². The van der Waals surface area contributed by atoms with Crippen molar-refractivity contribution in [2.75, 3.05) is 31.5 Å². The van der Waals surface area contributed by atoms with Crippen LogP contribution in [0.25, 0.3) is 22.1 Å². The van der Waals surface area contributed by atoms with Crippen molar-refractivity contribution in [3.63, 3.8) is 0 Å². The van der Waals surface area contributed by atoms with Crippen LogP contribution in [0, 0.1) is 0 Å².